The predicted octanol–water partition coefficient (Wildman–Crippen LogP) is 2.92. The van der Waals surface area contributed by atoms with E-state index in [4.69, 9.17) is 14.6 Å². The van der Waals surface area contributed by atoms with E-state index in [0.29, 0.717) is 6.42 Å². The maximum atomic E-state index is 12.6. The second-order valence-corrected chi connectivity index (χ2v) is 7.02. The smallest absolute Gasteiger partial charge is 0.410 e. The predicted molar refractivity (Wildman–Crippen MR) is 98.7 cm³/mol. The molecule has 2 N–H and O–H groups in total. The maximum absolute atomic E-state index is 12.6. The first-order chi connectivity index (χ1) is 12.3. The van der Waals surface area contributed by atoms with Gasteiger partial charge in [0.15, 0.2) is 0 Å². The van der Waals surface area contributed by atoms with Gasteiger partial charge in [-0.1, -0.05) is 30.3 Å². The van der Waals surface area contributed by atoms with E-state index in [1.165, 1.54) is 0 Å². The summed E-state index contributed by atoms with van der Waals surface area (Å²) in [6, 6.07) is 9.17. The second kappa shape index (κ2) is 10.7. The van der Waals surface area contributed by atoms with Gasteiger partial charge in [-0.3, -0.25) is 4.90 Å². The summed E-state index contributed by atoms with van der Waals surface area (Å²) in [5, 5.41) is 11.3. The van der Waals surface area contributed by atoms with Crippen LogP contribution < -0.4 is 5.32 Å². The summed E-state index contributed by atoms with van der Waals surface area (Å²) in [7, 11) is 0. The highest BCUT2D eigenvalue weighted by atomic mass is 16.6. The number of carbonyl (C=O) groups excluding carboxylic acids is 2. The molecular weight excluding hydrogens is 336 g/mol. The zero-order chi connectivity index (χ0) is 19.6. The monoisotopic (exact) mass is 366 g/mol. The van der Waals surface area contributed by atoms with Crippen molar-refractivity contribution in [3.63, 3.8) is 0 Å². The molecule has 1 rings (SSSR count). The summed E-state index contributed by atoms with van der Waals surface area (Å²) in [6.45, 7) is 8.11. The Labute approximate surface area is 155 Å². The van der Waals surface area contributed by atoms with Crippen molar-refractivity contribution in [2.45, 2.75) is 52.3 Å². The molecule has 0 aliphatic heterocycles. The molecule has 0 heterocycles. The van der Waals surface area contributed by atoms with Crippen LogP contribution in [0.4, 0.5) is 9.59 Å². The number of aliphatic hydroxyl groups is 1. The van der Waals surface area contributed by atoms with Gasteiger partial charge in [0, 0.05) is 25.1 Å². The third kappa shape index (κ3) is 7.74. The van der Waals surface area contributed by atoms with Gasteiger partial charge in [-0.15, -0.1) is 0 Å². The number of alkyl carbamates (subject to hydrolysis) is 1. The number of carbonyl (C=O) groups is 2. The van der Waals surface area contributed by atoms with Crippen LogP contribution in [-0.4, -0.2) is 53.5 Å². The highest BCUT2D eigenvalue weighted by Gasteiger charge is 2.32. The summed E-state index contributed by atoms with van der Waals surface area (Å²) < 4.78 is 10.4. The van der Waals surface area contributed by atoms with E-state index in [1.54, 1.807) is 4.90 Å². The van der Waals surface area contributed by atoms with E-state index in [-0.39, 0.29) is 32.4 Å². The van der Waals surface area contributed by atoms with E-state index in [1.807, 2.05) is 58.0 Å². The van der Waals surface area contributed by atoms with Crippen molar-refractivity contribution in [2.75, 3.05) is 19.8 Å². The lowest BCUT2D eigenvalue weighted by Gasteiger charge is -2.39. The summed E-state index contributed by atoms with van der Waals surface area (Å²) in [4.78, 5) is 25.8. The Morgan fingerprint density at radius 1 is 1.19 bits per heavy atom. The first-order valence-electron chi connectivity index (χ1n) is 8.77. The van der Waals surface area contributed by atoms with Gasteiger partial charge in [0.1, 0.15) is 6.61 Å². The Bertz CT molecular complexity index is 557. The molecule has 0 saturated heterocycles. The molecule has 0 saturated carbocycles. The second-order valence-electron chi connectivity index (χ2n) is 7.02. The minimum absolute atomic E-state index is 0.0330. The first kappa shape index (κ1) is 21.8. The minimum Gasteiger partial charge on any atom is -0.449 e. The average Bonchev–Trinajstić information content (AvgIpc) is 2.58. The van der Waals surface area contributed by atoms with Crippen LogP contribution in [0.2, 0.25) is 0 Å². The summed E-state index contributed by atoms with van der Waals surface area (Å²) in [5.74, 6) is 0. The van der Waals surface area contributed by atoms with Crippen LogP contribution in [0.15, 0.2) is 30.3 Å². The molecule has 0 aliphatic carbocycles. The lowest BCUT2D eigenvalue weighted by molar-refractivity contribution is 0.0428. The van der Waals surface area contributed by atoms with Crippen molar-refractivity contribution in [1.82, 2.24) is 10.2 Å². The molecule has 1 atom stereocenters. The van der Waals surface area contributed by atoms with E-state index in [0.717, 1.165) is 5.56 Å². The number of hydrogen-bond donors (Lipinski definition) is 2. The van der Waals surface area contributed by atoms with Gasteiger partial charge in [0.25, 0.3) is 0 Å². The Morgan fingerprint density at radius 2 is 1.85 bits per heavy atom. The molecule has 1 aromatic carbocycles. The highest BCUT2D eigenvalue weighted by Crippen LogP contribution is 2.19. The molecule has 7 heteroatoms. The number of benzene rings is 1. The Kier molecular flexibility index (Phi) is 8.92. The number of nitrogens with zero attached hydrogens (tertiary/aromatic N) is 1. The largest absolute Gasteiger partial charge is 0.449 e. The van der Waals surface area contributed by atoms with Crippen LogP contribution in [0.5, 0.6) is 0 Å². The molecule has 0 aromatic heterocycles. The fraction of sp³-hybridized carbons (Fsp3) is 0.579. The van der Waals surface area contributed by atoms with Crippen molar-refractivity contribution < 1.29 is 24.2 Å². The number of rotatable bonds is 8. The molecular formula is C19H30N2O5. The zero-order valence-electron chi connectivity index (χ0n) is 16.0. The van der Waals surface area contributed by atoms with Crippen molar-refractivity contribution >= 4 is 12.2 Å². The SMILES string of the molecule is CC(CNC(=O)OCCCO)N(C(=O)OCc1ccccc1)C(C)(C)C. The van der Waals surface area contributed by atoms with Crippen LogP contribution in [0.3, 0.4) is 0 Å². The lowest BCUT2D eigenvalue weighted by Crippen LogP contribution is -2.54. The molecule has 146 valence electrons. The van der Waals surface area contributed by atoms with E-state index in [2.05, 4.69) is 5.32 Å². The number of hydrogen-bond acceptors (Lipinski definition) is 5. The molecule has 0 bridgehead atoms. The van der Waals surface area contributed by atoms with Gasteiger partial charge in [-0.25, -0.2) is 9.59 Å². The van der Waals surface area contributed by atoms with Gasteiger partial charge in [0.05, 0.1) is 12.6 Å². The molecule has 0 aliphatic rings. The number of amides is 2. The Balaban J connectivity index is 2.58. The molecule has 26 heavy (non-hydrogen) atoms. The third-order valence-electron chi connectivity index (χ3n) is 3.64. The topological polar surface area (TPSA) is 88.1 Å². The van der Waals surface area contributed by atoms with Crippen molar-refractivity contribution in [1.29, 1.82) is 0 Å². The molecule has 7 nitrogen and oxygen atoms in total. The summed E-state index contributed by atoms with van der Waals surface area (Å²) in [6.07, 6.45) is -0.621. The van der Waals surface area contributed by atoms with E-state index in [9.17, 15) is 9.59 Å². The molecule has 1 unspecified atom stereocenters. The Morgan fingerprint density at radius 3 is 2.42 bits per heavy atom. The number of aliphatic hydroxyl groups excluding tert-OH is 1. The fourth-order valence-electron chi connectivity index (χ4n) is 2.51. The van der Waals surface area contributed by atoms with E-state index >= 15 is 0 Å². The zero-order valence-corrected chi connectivity index (χ0v) is 16.0. The Hall–Kier alpha value is -2.28. The average molecular weight is 366 g/mol. The van der Waals surface area contributed by atoms with E-state index < -0.39 is 17.7 Å². The van der Waals surface area contributed by atoms with Crippen LogP contribution in [-0.2, 0) is 16.1 Å². The van der Waals surface area contributed by atoms with Gasteiger partial charge in [0.2, 0.25) is 0 Å². The molecule has 0 radical (unpaired) electrons. The van der Waals surface area contributed by atoms with Gasteiger partial charge < -0.3 is 19.9 Å². The van der Waals surface area contributed by atoms with Crippen LogP contribution in [0.1, 0.15) is 39.7 Å². The van der Waals surface area contributed by atoms with Crippen molar-refractivity contribution in [2.24, 2.45) is 0 Å². The van der Waals surface area contributed by atoms with Crippen LogP contribution in [0, 0.1) is 0 Å². The standard InChI is InChI=1S/C19H30N2O5/c1-15(13-20-17(23)25-12-8-11-22)21(19(2,3)4)18(24)26-14-16-9-6-5-7-10-16/h5-7,9-10,15,22H,8,11-14H2,1-4H3,(H,20,23). The van der Waals surface area contributed by atoms with Crippen molar-refractivity contribution in [3.8, 4) is 0 Å². The van der Waals surface area contributed by atoms with Gasteiger partial charge >= 0.3 is 12.2 Å². The summed E-state index contributed by atoms with van der Waals surface area (Å²) in [5.41, 5.74) is 0.434. The van der Waals surface area contributed by atoms with Gasteiger partial charge in [-0.2, -0.15) is 0 Å². The first-order valence-corrected chi connectivity index (χ1v) is 8.77. The minimum atomic E-state index is -0.572. The normalized spacial score (nSPS) is 12.2. The molecule has 0 spiro atoms. The summed E-state index contributed by atoms with van der Waals surface area (Å²) >= 11 is 0. The van der Waals surface area contributed by atoms with Crippen molar-refractivity contribution in [3.05, 3.63) is 35.9 Å². The van der Waals surface area contributed by atoms with Crippen LogP contribution >= 0.6 is 0 Å². The maximum Gasteiger partial charge on any atom is 0.410 e. The number of ether oxygens (including phenoxy) is 2. The highest BCUT2D eigenvalue weighted by molar-refractivity contribution is 5.70. The molecule has 2 amide bonds. The number of nitrogens with one attached hydrogen (secondary N) is 1. The third-order valence-corrected chi connectivity index (χ3v) is 3.64. The molecule has 0 fully saturated rings. The quantitative estimate of drug-likeness (QED) is 0.691. The molecule has 1 aromatic rings. The fourth-order valence-corrected chi connectivity index (χ4v) is 2.51. The lowest BCUT2D eigenvalue weighted by atomic mass is 10.0. The van der Waals surface area contributed by atoms with Gasteiger partial charge in [-0.05, 0) is 33.3 Å². The van der Waals surface area contributed by atoms with Crippen LogP contribution in [0.25, 0.3) is 0 Å².